The van der Waals surface area contributed by atoms with Gasteiger partial charge in [-0.05, 0) is 98.6 Å². The quantitative estimate of drug-likeness (QED) is 0.0833. The van der Waals surface area contributed by atoms with E-state index in [1.165, 1.54) is 0 Å². The Labute approximate surface area is 595 Å². The second-order valence-corrected chi connectivity index (χ2v) is 40.9. The van der Waals surface area contributed by atoms with E-state index >= 15 is 0 Å². The van der Waals surface area contributed by atoms with Gasteiger partial charge in [0.05, 0.1) is 44.3 Å². The predicted molar refractivity (Wildman–Crippen MR) is 318 cm³/mol. The summed E-state index contributed by atoms with van der Waals surface area (Å²) in [7, 11) is -77.6. The Balaban J connectivity index is 0.000000606. The molecule has 7 heterocycles. The van der Waals surface area contributed by atoms with E-state index in [-0.39, 0.29) is 78.9 Å². The van der Waals surface area contributed by atoms with E-state index in [2.05, 4.69) is 76.7 Å². The summed E-state index contributed by atoms with van der Waals surface area (Å²) in [6.07, 6.45) is 2.83. The second kappa shape index (κ2) is 24.7. The van der Waals surface area contributed by atoms with Gasteiger partial charge in [0.15, 0.2) is 10.1 Å². The zero-order valence-electron chi connectivity index (χ0n) is 47.3. The maximum atomic E-state index is 12.3. The zero-order valence-corrected chi connectivity index (χ0v) is 60.0. The summed E-state index contributed by atoms with van der Waals surface area (Å²) in [4.78, 5) is 13.2. The molecule has 106 heavy (non-hydrogen) atoms. The van der Waals surface area contributed by atoms with E-state index in [9.17, 15) is 173 Å². The van der Waals surface area contributed by atoms with Gasteiger partial charge in [-0.25, -0.2) is 39.9 Å². The molecule has 7 aromatic heterocycles. The van der Waals surface area contributed by atoms with Gasteiger partial charge in [-0.15, -0.1) is 0 Å². The van der Waals surface area contributed by atoms with Crippen LogP contribution in [0.5, 0.6) is 0 Å². The van der Waals surface area contributed by atoms with Gasteiger partial charge in [-0.1, -0.05) is 202 Å². The van der Waals surface area contributed by atoms with Crippen LogP contribution in [0.25, 0.3) is 0 Å². The molecule has 8 rings (SSSR count). The van der Waals surface area contributed by atoms with E-state index in [0.717, 1.165) is 18.2 Å². The summed E-state index contributed by atoms with van der Waals surface area (Å²) >= 11 is 26.0. The van der Waals surface area contributed by atoms with Gasteiger partial charge in [0.25, 0.3) is 10.3 Å². The average molecular weight is 2010 g/mol. The normalized spacial score (nSPS) is 17.6. The second-order valence-electron chi connectivity index (χ2n) is 18.4. The summed E-state index contributed by atoms with van der Waals surface area (Å²) < 4.78 is 528. The van der Waals surface area contributed by atoms with Crippen molar-refractivity contribution in [1.29, 1.82) is 0 Å². The summed E-state index contributed by atoms with van der Waals surface area (Å²) in [5.74, 6) is -6.58. The lowest BCUT2D eigenvalue weighted by Gasteiger charge is -2.40. The molecule has 0 N–H and O–H groups in total. The summed E-state index contributed by atoms with van der Waals surface area (Å²) in [6, 6.07) is 2.95. The highest BCUT2D eigenvalue weighted by Gasteiger charge is 2.72. The first-order chi connectivity index (χ1) is 44.7. The largest absolute Gasteiger partial charge is 0.342 e. The summed E-state index contributed by atoms with van der Waals surface area (Å²) in [6.45, 7) is 0. The van der Waals surface area contributed by atoms with Crippen LogP contribution in [0.4, 0.5) is 173 Å². The highest BCUT2D eigenvalue weighted by Crippen LogP contribution is 3.07. The summed E-state index contributed by atoms with van der Waals surface area (Å²) in [5.41, 5.74) is 0. The van der Waals surface area contributed by atoms with Crippen molar-refractivity contribution in [2.75, 3.05) is 0 Å². The van der Waals surface area contributed by atoms with E-state index < -0.39 is 163 Å². The molecule has 0 atom stereocenters. The number of hydrogen-bond donors (Lipinski definition) is 0. The molecule has 0 aliphatic carbocycles. The Morgan fingerprint density at radius 3 is 0.840 bits per heavy atom. The molecule has 0 bridgehead atoms. The Morgan fingerprint density at radius 1 is 0.236 bits per heavy atom. The van der Waals surface area contributed by atoms with Crippen LogP contribution < -0.4 is 0 Å². The molecule has 0 saturated heterocycles. The van der Waals surface area contributed by atoms with Crippen molar-refractivity contribution < 1.29 is 173 Å². The number of nitrogens with zero attached hydrogens (tertiary/aromatic N) is 9. The minimum atomic E-state index is -10.0. The highest BCUT2D eigenvalue weighted by atomic mass is 79.9. The molecular formula is C39H21Br2Cl4F44N9S8. The van der Waals surface area contributed by atoms with Crippen molar-refractivity contribution >= 4 is 160 Å². The Kier molecular flexibility index (Phi) is 23.1. The molecule has 0 fully saturated rings. The van der Waals surface area contributed by atoms with Crippen LogP contribution in [0.3, 0.4) is 0 Å². The van der Waals surface area contributed by atoms with Gasteiger partial charge in [0.1, 0.15) is 19.6 Å². The van der Waals surface area contributed by atoms with Crippen molar-refractivity contribution in [3.05, 3.63) is 181 Å². The molecule has 9 nitrogen and oxygen atoms in total. The lowest BCUT2D eigenvalue weighted by molar-refractivity contribution is 0.348. The van der Waals surface area contributed by atoms with Crippen molar-refractivity contribution in [3.63, 3.8) is 0 Å². The average Bonchev–Trinajstić information content (AvgIpc) is 0.782. The van der Waals surface area contributed by atoms with Crippen LogP contribution in [0.2, 0.25) is 20.1 Å². The highest BCUT2D eigenvalue weighted by molar-refractivity contribution is 9.10. The molecule has 0 radical (unpaired) electrons. The molecule has 67 heteroatoms. The fraction of sp³-hybridized carbons (Fsp3) is 0. The fourth-order valence-electron chi connectivity index (χ4n) is 4.74. The molecule has 0 unspecified atom stereocenters. The Hall–Kier alpha value is -5.03. The van der Waals surface area contributed by atoms with Gasteiger partial charge in [0.2, 0.25) is 23.8 Å². The van der Waals surface area contributed by atoms with Crippen LogP contribution >= 0.6 is 160 Å². The molecule has 0 amide bonds. The van der Waals surface area contributed by atoms with Gasteiger partial charge in [-0.3, -0.25) is 0 Å². The molecule has 8 aromatic rings. The monoisotopic (exact) mass is 2000 g/mol. The molecule has 0 spiro atoms. The smallest absolute Gasteiger partial charge is 0.240 e. The third-order valence-corrected chi connectivity index (χ3v) is 19.1. The lowest BCUT2D eigenvalue weighted by atomic mass is 10.4. The van der Waals surface area contributed by atoms with E-state index in [1.807, 2.05) is 0 Å². The Bertz CT molecular complexity index is 3960. The van der Waals surface area contributed by atoms with Gasteiger partial charge >= 0.3 is 81.8 Å². The number of halogens is 50. The summed E-state index contributed by atoms with van der Waals surface area (Å²) in [5, 5.41) is -10.6. The van der Waals surface area contributed by atoms with Crippen LogP contribution in [0, 0.1) is 23.8 Å². The maximum Gasteiger partial charge on any atom is 0.342 e. The topological polar surface area (TPSA) is 116 Å². The first kappa shape index (κ1) is 99.0. The van der Waals surface area contributed by atoms with Crippen LogP contribution in [-0.4, -0.2) is 44.9 Å². The molecule has 1 aromatic carbocycles. The van der Waals surface area contributed by atoms with Crippen LogP contribution in [0.15, 0.2) is 177 Å². The predicted octanol–water partition coefficient (Wildman–Crippen LogP) is 34.0. The standard InChI is InChI=1S/C6H4ClF5S.C5H3BrF5NS.C5H2ClF6NS.C5H3ClF5NS.C5H2F7NS.C5H3F6NS.C4H2BrF5N2S.C4H2ClF5N2S/c7-5-1-3-6(4-2-5)13(8,9,10,11)12;6-4-1-2-5(12-3-4)13(7,8,9,10)11;6-4-1-3(2-13-5(4)7)14(8,9,10,11)12;6-4-1-2-5(12-3-4)13(7,8,9,10)11;6-4-1-3(2-5(7)13-4)14(8,9,10,11)12;6-5-2-1-4(3-12-5)13(7,8,9,10)11;2*5-3-1-11-4(12-2-3)13(6,7,8,9)10/h1-4H;1-3H;1-2H;1-3H;1-2H;1-3H;2*1-2H. The third kappa shape index (κ3) is 37.1. The van der Waals surface area contributed by atoms with Crippen molar-refractivity contribution in [2.24, 2.45) is 0 Å². The van der Waals surface area contributed by atoms with E-state index in [0.29, 0.717) is 43.2 Å². The number of pyridine rings is 5. The van der Waals surface area contributed by atoms with Gasteiger partial charge < -0.3 is 0 Å². The third-order valence-electron chi connectivity index (χ3n) is 8.88. The van der Waals surface area contributed by atoms with E-state index in [4.69, 9.17) is 46.4 Å². The molecular weight excluding hydrogens is 1990 g/mol. The molecule has 0 aliphatic heterocycles. The van der Waals surface area contributed by atoms with Gasteiger partial charge in [-0.2, -0.15) is 22.5 Å². The number of benzene rings is 1. The molecule has 0 aliphatic rings. The zero-order chi connectivity index (χ0) is 84.9. The minimum absolute atomic E-state index is 0.0226. The number of rotatable bonds is 8. The van der Waals surface area contributed by atoms with E-state index in [1.54, 1.807) is 0 Å². The minimum Gasteiger partial charge on any atom is -0.240 e. The number of aromatic nitrogens is 9. The van der Waals surface area contributed by atoms with Crippen molar-refractivity contribution in [1.82, 2.24) is 44.9 Å². The lowest BCUT2D eigenvalue weighted by Crippen LogP contribution is -2.10. The first-order valence-corrected chi connectivity index (χ1v) is 41.5. The van der Waals surface area contributed by atoms with Gasteiger partial charge in [0, 0.05) is 46.4 Å². The first-order valence-electron chi connectivity index (χ1n) is 22.8. The van der Waals surface area contributed by atoms with Crippen LogP contribution in [-0.2, 0) is 0 Å². The fourth-order valence-corrected chi connectivity index (χ4v) is 10.4. The van der Waals surface area contributed by atoms with Crippen molar-refractivity contribution in [2.45, 2.75) is 39.9 Å². The molecule has 0 saturated carbocycles. The van der Waals surface area contributed by atoms with Crippen LogP contribution in [0.1, 0.15) is 0 Å². The SMILES string of the molecule is FS(F)(F)(F)(F)c1ccc(Br)cn1.FS(F)(F)(F)(F)c1ccc(Cl)cc1.FS(F)(F)(F)(F)c1ccc(Cl)cn1.FS(F)(F)(F)(F)c1ncc(Br)cn1.FS(F)(F)(F)(F)c1ncc(Cl)cn1.Fc1cc(S(F)(F)(F)(F)F)cc(F)n1.Fc1ccc(S(F)(F)(F)(F)F)cn1.Fc1ncc(S(F)(F)(F)(F)F)cc1Cl. The van der Waals surface area contributed by atoms with Crippen molar-refractivity contribution in [3.8, 4) is 0 Å². The number of hydrogen-bond acceptors (Lipinski definition) is 9. The Morgan fingerprint density at radius 2 is 0.547 bits per heavy atom. The molecule has 620 valence electrons. The maximum absolute atomic E-state index is 12.3.